The average molecular weight is 294 g/mol. The van der Waals surface area contributed by atoms with E-state index in [0.717, 1.165) is 17.5 Å². The lowest BCUT2D eigenvalue weighted by atomic mass is 10.0. The monoisotopic (exact) mass is 293 g/mol. The van der Waals surface area contributed by atoms with Crippen molar-refractivity contribution in [1.29, 1.82) is 0 Å². The first-order chi connectivity index (χ1) is 9.51. The lowest BCUT2D eigenvalue weighted by Crippen LogP contribution is -1.97. The van der Waals surface area contributed by atoms with E-state index in [4.69, 9.17) is 16.3 Å². The van der Waals surface area contributed by atoms with Crippen LogP contribution in [0.4, 0.5) is 4.39 Å². The van der Waals surface area contributed by atoms with E-state index in [1.165, 1.54) is 11.6 Å². The zero-order chi connectivity index (χ0) is 14.7. The molecule has 0 fully saturated rings. The van der Waals surface area contributed by atoms with Gasteiger partial charge in [0.25, 0.3) is 0 Å². The molecule has 0 atom stereocenters. The van der Waals surface area contributed by atoms with Crippen LogP contribution in [0.1, 0.15) is 36.5 Å². The summed E-state index contributed by atoms with van der Waals surface area (Å²) >= 11 is 5.81. The summed E-state index contributed by atoms with van der Waals surface area (Å²) in [6.45, 7) is 6.20. The van der Waals surface area contributed by atoms with Crippen molar-refractivity contribution in [1.82, 2.24) is 4.98 Å². The fraction of sp³-hybridized carbons (Fsp3) is 0.312. The lowest BCUT2D eigenvalue weighted by Gasteiger charge is -2.13. The number of rotatable bonds is 4. The van der Waals surface area contributed by atoms with E-state index in [0.29, 0.717) is 17.4 Å². The third-order valence-corrected chi connectivity index (χ3v) is 3.41. The molecule has 106 valence electrons. The van der Waals surface area contributed by atoms with E-state index >= 15 is 0 Å². The Hall–Kier alpha value is -1.61. The van der Waals surface area contributed by atoms with Crippen molar-refractivity contribution in [2.75, 3.05) is 0 Å². The van der Waals surface area contributed by atoms with E-state index < -0.39 is 5.82 Å². The van der Waals surface area contributed by atoms with Gasteiger partial charge in [-0.15, -0.1) is 11.6 Å². The summed E-state index contributed by atoms with van der Waals surface area (Å²) in [5, 5.41) is 0. The number of nitrogens with zero attached hydrogens (tertiary/aromatic N) is 1. The van der Waals surface area contributed by atoms with Crippen LogP contribution in [0.3, 0.4) is 0 Å². The van der Waals surface area contributed by atoms with Crippen LogP contribution in [0.25, 0.3) is 0 Å². The normalized spacial score (nSPS) is 10.9. The van der Waals surface area contributed by atoms with Gasteiger partial charge in [-0.2, -0.15) is 0 Å². The Kier molecular flexibility index (Phi) is 4.61. The summed E-state index contributed by atoms with van der Waals surface area (Å²) in [5.74, 6) is 1.22. The molecule has 0 spiro atoms. The molecule has 2 rings (SSSR count). The Labute approximate surface area is 123 Å². The van der Waals surface area contributed by atoms with Crippen LogP contribution in [0.15, 0.2) is 30.5 Å². The maximum Gasteiger partial charge on any atom is 0.223 e. The third-order valence-electron chi connectivity index (χ3n) is 3.12. The summed E-state index contributed by atoms with van der Waals surface area (Å²) in [7, 11) is 0. The van der Waals surface area contributed by atoms with Crippen molar-refractivity contribution in [2.45, 2.75) is 32.6 Å². The first kappa shape index (κ1) is 14.8. The highest BCUT2D eigenvalue weighted by atomic mass is 35.5. The van der Waals surface area contributed by atoms with Gasteiger partial charge in [-0.25, -0.2) is 9.37 Å². The highest BCUT2D eigenvalue weighted by molar-refractivity contribution is 6.17. The molecular weight excluding hydrogens is 277 g/mol. The summed E-state index contributed by atoms with van der Waals surface area (Å²) in [5.41, 5.74) is 2.72. The summed E-state index contributed by atoms with van der Waals surface area (Å²) < 4.78 is 19.0. The maximum atomic E-state index is 13.1. The Bertz CT molecular complexity index is 613. The van der Waals surface area contributed by atoms with Crippen LogP contribution in [0.5, 0.6) is 11.6 Å². The standard InChI is InChI=1S/C16H17ClFNO/c1-10(2)12-5-4-11(3)15(7-12)20-16-13(8-17)6-14(18)9-19-16/h4-7,9-10H,8H2,1-3H3. The van der Waals surface area contributed by atoms with Crippen molar-refractivity contribution in [3.63, 3.8) is 0 Å². The van der Waals surface area contributed by atoms with E-state index in [1.807, 2.05) is 19.1 Å². The van der Waals surface area contributed by atoms with Crippen LogP contribution < -0.4 is 4.74 Å². The minimum absolute atomic E-state index is 0.156. The molecule has 0 saturated heterocycles. The summed E-state index contributed by atoms with van der Waals surface area (Å²) in [6.07, 6.45) is 1.13. The highest BCUT2D eigenvalue weighted by Crippen LogP contribution is 2.30. The molecule has 2 nitrogen and oxygen atoms in total. The number of ether oxygens (including phenoxy) is 1. The predicted octanol–water partition coefficient (Wildman–Crippen LogP) is 5.18. The number of hydrogen-bond donors (Lipinski definition) is 0. The fourth-order valence-electron chi connectivity index (χ4n) is 1.85. The van der Waals surface area contributed by atoms with Crippen LogP contribution >= 0.6 is 11.6 Å². The van der Waals surface area contributed by atoms with Gasteiger partial charge in [0.15, 0.2) is 0 Å². The summed E-state index contributed by atoms with van der Waals surface area (Å²) in [4.78, 5) is 3.98. The number of halogens is 2. The van der Waals surface area contributed by atoms with Crippen LogP contribution in [0, 0.1) is 12.7 Å². The van der Waals surface area contributed by atoms with Crippen LogP contribution in [-0.4, -0.2) is 4.98 Å². The summed E-state index contributed by atoms with van der Waals surface area (Å²) in [6, 6.07) is 7.42. The number of alkyl halides is 1. The van der Waals surface area contributed by atoms with E-state index in [2.05, 4.69) is 24.9 Å². The Morgan fingerprint density at radius 1 is 1.30 bits per heavy atom. The second kappa shape index (κ2) is 6.23. The van der Waals surface area contributed by atoms with Crippen LogP contribution in [-0.2, 0) is 5.88 Å². The molecule has 20 heavy (non-hydrogen) atoms. The van der Waals surface area contributed by atoms with Crippen molar-refractivity contribution < 1.29 is 9.13 Å². The Morgan fingerprint density at radius 3 is 2.70 bits per heavy atom. The number of benzene rings is 1. The van der Waals surface area contributed by atoms with Crippen molar-refractivity contribution in [2.24, 2.45) is 0 Å². The predicted molar refractivity (Wildman–Crippen MR) is 79.1 cm³/mol. The Balaban J connectivity index is 2.36. The molecule has 2 aromatic rings. The molecule has 0 unspecified atom stereocenters. The number of aryl methyl sites for hydroxylation is 1. The topological polar surface area (TPSA) is 22.1 Å². The second-order valence-electron chi connectivity index (χ2n) is 5.03. The first-order valence-corrected chi connectivity index (χ1v) is 7.03. The van der Waals surface area contributed by atoms with Crippen molar-refractivity contribution in [3.05, 3.63) is 53.0 Å². The van der Waals surface area contributed by atoms with Gasteiger partial charge in [-0.3, -0.25) is 0 Å². The second-order valence-corrected chi connectivity index (χ2v) is 5.30. The molecule has 0 aliphatic rings. The largest absolute Gasteiger partial charge is 0.438 e. The van der Waals surface area contributed by atoms with E-state index in [-0.39, 0.29) is 5.88 Å². The third kappa shape index (κ3) is 3.28. The number of hydrogen-bond acceptors (Lipinski definition) is 2. The molecule has 1 aromatic carbocycles. The molecule has 1 aromatic heterocycles. The molecule has 0 aliphatic heterocycles. The molecule has 0 radical (unpaired) electrons. The van der Waals surface area contributed by atoms with Gasteiger partial charge >= 0.3 is 0 Å². The minimum atomic E-state index is -0.416. The van der Waals surface area contributed by atoms with E-state index in [1.54, 1.807) is 0 Å². The van der Waals surface area contributed by atoms with Gasteiger partial charge in [0, 0.05) is 5.56 Å². The smallest absolute Gasteiger partial charge is 0.223 e. The van der Waals surface area contributed by atoms with Gasteiger partial charge in [0.05, 0.1) is 12.1 Å². The molecule has 0 saturated carbocycles. The van der Waals surface area contributed by atoms with Gasteiger partial charge in [-0.05, 0) is 36.1 Å². The molecule has 4 heteroatoms. The molecule has 0 amide bonds. The van der Waals surface area contributed by atoms with Crippen LogP contribution in [0.2, 0.25) is 0 Å². The van der Waals surface area contributed by atoms with Gasteiger partial charge in [0.1, 0.15) is 11.6 Å². The number of aromatic nitrogens is 1. The van der Waals surface area contributed by atoms with Crippen molar-refractivity contribution in [3.8, 4) is 11.6 Å². The molecule has 0 N–H and O–H groups in total. The van der Waals surface area contributed by atoms with Gasteiger partial charge < -0.3 is 4.74 Å². The quantitative estimate of drug-likeness (QED) is 0.724. The molecular formula is C16H17ClFNO. The zero-order valence-electron chi connectivity index (χ0n) is 11.8. The lowest BCUT2D eigenvalue weighted by molar-refractivity contribution is 0.450. The fourth-order valence-corrected chi connectivity index (χ4v) is 2.04. The Morgan fingerprint density at radius 2 is 2.05 bits per heavy atom. The highest BCUT2D eigenvalue weighted by Gasteiger charge is 2.11. The molecule has 0 aliphatic carbocycles. The average Bonchev–Trinajstić information content (AvgIpc) is 2.42. The SMILES string of the molecule is Cc1ccc(C(C)C)cc1Oc1ncc(F)cc1CCl. The van der Waals surface area contributed by atoms with Crippen molar-refractivity contribution >= 4 is 11.6 Å². The molecule has 0 bridgehead atoms. The first-order valence-electron chi connectivity index (χ1n) is 6.50. The zero-order valence-corrected chi connectivity index (χ0v) is 12.5. The molecule has 1 heterocycles. The van der Waals surface area contributed by atoms with Gasteiger partial charge in [0.2, 0.25) is 5.88 Å². The van der Waals surface area contributed by atoms with E-state index in [9.17, 15) is 4.39 Å². The number of pyridine rings is 1. The maximum absolute atomic E-state index is 13.1. The minimum Gasteiger partial charge on any atom is -0.438 e. The van der Waals surface area contributed by atoms with Gasteiger partial charge in [-0.1, -0.05) is 26.0 Å².